The van der Waals surface area contributed by atoms with E-state index in [-0.39, 0.29) is 17.4 Å². The van der Waals surface area contributed by atoms with E-state index < -0.39 is 32.0 Å². The lowest BCUT2D eigenvalue weighted by Gasteiger charge is -2.31. The summed E-state index contributed by atoms with van der Waals surface area (Å²) in [5.74, 6) is 1.98. The lowest BCUT2D eigenvalue weighted by Crippen LogP contribution is -2.48. The van der Waals surface area contributed by atoms with Crippen molar-refractivity contribution in [2.75, 3.05) is 0 Å². The molecule has 6 heteroatoms. The highest BCUT2D eigenvalue weighted by Crippen LogP contribution is 2.35. The second-order valence-corrected chi connectivity index (χ2v) is 13.0. The predicted molar refractivity (Wildman–Crippen MR) is 96.2 cm³/mol. The summed E-state index contributed by atoms with van der Waals surface area (Å²) in [5, 5.41) is 12.4. The number of nitrogens with one attached hydrogen (secondary N) is 1. The third-order valence-electron chi connectivity index (χ3n) is 4.24. The summed E-state index contributed by atoms with van der Waals surface area (Å²) in [6, 6.07) is -0.874. The Morgan fingerprint density at radius 3 is 2.17 bits per heavy atom. The molecular formula is C17H32N2O3Si. The molecule has 0 aromatic rings. The first-order valence-corrected chi connectivity index (χ1v) is 11.1. The zero-order chi connectivity index (χ0) is 18.4. The van der Waals surface area contributed by atoms with Crippen molar-refractivity contribution in [2.45, 2.75) is 77.7 Å². The van der Waals surface area contributed by atoms with E-state index in [1.807, 2.05) is 13.8 Å². The fourth-order valence-electron chi connectivity index (χ4n) is 1.61. The molecule has 5 nitrogen and oxygen atoms in total. The van der Waals surface area contributed by atoms with E-state index in [9.17, 15) is 14.7 Å². The highest BCUT2D eigenvalue weighted by atomic mass is 28.3. The lowest BCUT2D eigenvalue weighted by molar-refractivity contribution is -0.133. The van der Waals surface area contributed by atoms with Gasteiger partial charge in [0.25, 0.3) is 0 Å². The van der Waals surface area contributed by atoms with Crippen LogP contribution >= 0.6 is 0 Å². The first kappa shape index (κ1) is 21.7. The summed E-state index contributed by atoms with van der Waals surface area (Å²) < 4.78 is 0. The Balaban J connectivity index is 4.87. The topological polar surface area (TPSA) is 92.4 Å². The molecule has 0 aromatic heterocycles. The van der Waals surface area contributed by atoms with Gasteiger partial charge in [-0.1, -0.05) is 47.7 Å². The lowest BCUT2D eigenvalue weighted by atomic mass is 10.0. The van der Waals surface area contributed by atoms with Crippen molar-refractivity contribution in [2.24, 2.45) is 11.7 Å². The fourth-order valence-corrected chi connectivity index (χ4v) is 2.52. The third kappa shape index (κ3) is 7.66. The maximum Gasteiger partial charge on any atom is 0.249 e. The van der Waals surface area contributed by atoms with Gasteiger partial charge in [0.15, 0.2) is 0 Å². The Bertz CT molecular complexity index is 484. The van der Waals surface area contributed by atoms with Crippen molar-refractivity contribution in [1.29, 1.82) is 0 Å². The van der Waals surface area contributed by atoms with Gasteiger partial charge in [0.1, 0.15) is 20.2 Å². The van der Waals surface area contributed by atoms with E-state index in [4.69, 9.17) is 5.73 Å². The minimum Gasteiger partial charge on any atom is -0.383 e. The van der Waals surface area contributed by atoms with Crippen LogP contribution in [0.3, 0.4) is 0 Å². The molecular weight excluding hydrogens is 308 g/mol. The second kappa shape index (κ2) is 8.51. The van der Waals surface area contributed by atoms with Gasteiger partial charge < -0.3 is 16.2 Å². The van der Waals surface area contributed by atoms with Crippen molar-refractivity contribution in [3.63, 3.8) is 0 Å². The molecule has 23 heavy (non-hydrogen) atoms. The summed E-state index contributed by atoms with van der Waals surface area (Å²) in [7, 11) is -1.77. The van der Waals surface area contributed by atoms with E-state index in [2.05, 4.69) is 50.6 Å². The standard InChI is InChI=1S/C17H32N2O3Si/c1-12(2)11-14(20)16(22)19-13(15(18)21)9-8-10-23(6,7)17(3,4)5/h12-14,20H,9,11H2,1-7H3,(H2,18,21)(H,19,22)/t13-,14-/m1/s1. The molecule has 0 radical (unpaired) electrons. The quantitative estimate of drug-likeness (QED) is 0.508. The molecule has 0 heterocycles. The average Bonchev–Trinajstić information content (AvgIpc) is 2.34. The molecule has 0 aromatic carbocycles. The summed E-state index contributed by atoms with van der Waals surface area (Å²) in [6.07, 6.45) is -0.625. The van der Waals surface area contributed by atoms with Crippen molar-refractivity contribution in [3.05, 3.63) is 0 Å². The monoisotopic (exact) mass is 340 g/mol. The van der Waals surface area contributed by atoms with Gasteiger partial charge in [0, 0.05) is 6.42 Å². The molecule has 2 atom stereocenters. The van der Waals surface area contributed by atoms with Crippen LogP contribution in [0, 0.1) is 17.4 Å². The minimum atomic E-state index is -1.77. The van der Waals surface area contributed by atoms with Gasteiger partial charge in [-0.3, -0.25) is 9.59 Å². The van der Waals surface area contributed by atoms with E-state index in [1.54, 1.807) is 0 Å². The van der Waals surface area contributed by atoms with Crippen molar-refractivity contribution in [1.82, 2.24) is 5.32 Å². The highest BCUT2D eigenvalue weighted by Gasteiger charge is 2.33. The molecule has 0 aliphatic heterocycles. The van der Waals surface area contributed by atoms with E-state index >= 15 is 0 Å². The third-order valence-corrected chi connectivity index (χ3v) is 8.79. The molecule has 0 saturated carbocycles. The number of primary amides is 1. The fraction of sp³-hybridized carbons (Fsp3) is 0.765. The predicted octanol–water partition coefficient (Wildman–Crippen LogP) is 1.80. The Morgan fingerprint density at radius 2 is 1.78 bits per heavy atom. The van der Waals surface area contributed by atoms with Crippen LogP contribution < -0.4 is 11.1 Å². The van der Waals surface area contributed by atoms with Crippen molar-refractivity contribution >= 4 is 19.9 Å². The molecule has 2 amide bonds. The Morgan fingerprint density at radius 1 is 1.26 bits per heavy atom. The van der Waals surface area contributed by atoms with Gasteiger partial charge in [-0.05, 0) is 17.4 Å². The molecule has 0 saturated heterocycles. The van der Waals surface area contributed by atoms with Crippen LogP contribution in [0.15, 0.2) is 0 Å². The van der Waals surface area contributed by atoms with E-state index in [0.717, 1.165) is 0 Å². The van der Waals surface area contributed by atoms with Crippen LogP contribution in [0.2, 0.25) is 18.1 Å². The molecule has 4 N–H and O–H groups in total. The smallest absolute Gasteiger partial charge is 0.249 e. The van der Waals surface area contributed by atoms with E-state index in [0.29, 0.717) is 6.42 Å². The van der Waals surface area contributed by atoms with Crippen LogP contribution in [0.5, 0.6) is 0 Å². The number of amides is 2. The molecule has 132 valence electrons. The molecule has 0 fully saturated rings. The number of nitrogens with two attached hydrogens (primary N) is 1. The molecule has 0 rings (SSSR count). The second-order valence-electron chi connectivity index (χ2n) is 7.99. The summed E-state index contributed by atoms with van der Waals surface area (Å²) in [4.78, 5) is 23.4. The summed E-state index contributed by atoms with van der Waals surface area (Å²) in [5.41, 5.74) is 8.62. The maximum atomic E-state index is 11.9. The largest absolute Gasteiger partial charge is 0.383 e. The number of hydrogen-bond donors (Lipinski definition) is 3. The van der Waals surface area contributed by atoms with Gasteiger partial charge in [-0.2, -0.15) is 0 Å². The van der Waals surface area contributed by atoms with Crippen LogP contribution in [0.4, 0.5) is 0 Å². The first-order valence-electron chi connectivity index (χ1n) is 8.05. The average molecular weight is 341 g/mol. The normalized spacial score (nSPS) is 14.7. The summed E-state index contributed by atoms with van der Waals surface area (Å²) >= 11 is 0. The molecule has 0 aliphatic rings. The zero-order valence-corrected chi connectivity index (χ0v) is 16.5. The number of carbonyl (C=O) groups is 2. The number of aliphatic hydroxyl groups excluding tert-OH is 1. The van der Waals surface area contributed by atoms with Gasteiger partial charge in [-0.25, -0.2) is 0 Å². The number of carbonyl (C=O) groups excluding carboxylic acids is 2. The molecule has 0 unspecified atom stereocenters. The Kier molecular flexibility index (Phi) is 8.02. The van der Waals surface area contributed by atoms with Gasteiger partial charge in [0.2, 0.25) is 11.8 Å². The molecule has 0 bridgehead atoms. The van der Waals surface area contributed by atoms with Crippen molar-refractivity contribution < 1.29 is 14.7 Å². The first-order chi connectivity index (χ1) is 10.3. The Hall–Kier alpha value is -1.32. The number of hydrogen-bond acceptors (Lipinski definition) is 3. The van der Waals surface area contributed by atoms with Crippen LogP contribution in [0.25, 0.3) is 0 Å². The van der Waals surface area contributed by atoms with Crippen molar-refractivity contribution in [3.8, 4) is 11.5 Å². The SMILES string of the molecule is CC(C)C[C@@H](O)C(=O)N[C@H](CC#C[Si](C)(C)C(C)(C)C)C(N)=O. The Labute approximate surface area is 141 Å². The molecule has 0 spiro atoms. The van der Waals surface area contributed by atoms with Gasteiger partial charge in [0.05, 0.1) is 0 Å². The van der Waals surface area contributed by atoms with Gasteiger partial charge >= 0.3 is 0 Å². The summed E-state index contributed by atoms with van der Waals surface area (Å²) in [6.45, 7) is 14.6. The molecule has 0 aliphatic carbocycles. The highest BCUT2D eigenvalue weighted by molar-refractivity contribution is 6.87. The van der Waals surface area contributed by atoms with Crippen LogP contribution in [-0.2, 0) is 9.59 Å². The maximum absolute atomic E-state index is 11.9. The van der Waals surface area contributed by atoms with Crippen LogP contribution in [0.1, 0.15) is 47.5 Å². The number of aliphatic hydroxyl groups is 1. The zero-order valence-electron chi connectivity index (χ0n) is 15.5. The minimum absolute atomic E-state index is 0.124. The van der Waals surface area contributed by atoms with Gasteiger partial charge in [-0.15, -0.1) is 11.5 Å². The number of rotatable bonds is 6. The van der Waals surface area contributed by atoms with Crippen LogP contribution in [-0.4, -0.2) is 37.1 Å². The van der Waals surface area contributed by atoms with E-state index in [1.165, 1.54) is 0 Å².